The van der Waals surface area contributed by atoms with Gasteiger partial charge < -0.3 is 23.7 Å². The van der Waals surface area contributed by atoms with Gasteiger partial charge in [-0.05, 0) is 91.0 Å². The molecule has 1 atom stereocenters. The van der Waals surface area contributed by atoms with E-state index in [0.29, 0.717) is 28.7 Å². The molecule has 6 aliphatic heterocycles. The predicted molar refractivity (Wildman–Crippen MR) is 167 cm³/mol. The molecular formula is C36H36N2O5. The molecule has 4 aromatic carbocycles. The average molecular weight is 577 g/mol. The second-order valence-electron chi connectivity index (χ2n) is 11.4. The molecule has 7 nitrogen and oxygen atoms in total. The van der Waals surface area contributed by atoms with E-state index in [0.717, 1.165) is 67.1 Å². The highest BCUT2D eigenvalue weighted by atomic mass is 16.5. The Labute approximate surface area is 252 Å². The Hall–Kier alpha value is -4.49. The lowest BCUT2D eigenvalue weighted by atomic mass is 9.87. The Morgan fingerprint density at radius 3 is 2.42 bits per heavy atom. The third-order valence-electron chi connectivity index (χ3n) is 8.80. The normalized spacial score (nSPS) is 17.4. The summed E-state index contributed by atoms with van der Waals surface area (Å²) in [7, 11) is 7.20. The molecule has 0 amide bonds. The molecule has 0 spiro atoms. The van der Waals surface area contributed by atoms with Gasteiger partial charge in [0, 0.05) is 42.4 Å². The smallest absolute Gasteiger partial charge is 0.204 e. The maximum Gasteiger partial charge on any atom is 0.204 e. The summed E-state index contributed by atoms with van der Waals surface area (Å²) in [6.07, 6.45) is 3.20. The summed E-state index contributed by atoms with van der Waals surface area (Å²) in [5.74, 6) is 4.83. The standard InChI is InChI=1S/C36H36N2O5/c1-38-15-13-25-20-33(40-3)35(41-4)36-34(25)30(38)18-23-6-5-7-27(16-23)42-26-10-8-22(9-11-26)17-29-28-21-31(39-2)32(43-36)19-24(28)12-14-37-29/h5-11,16,19-21,30H,12-15,17-18H2,1-4H3. The largest absolute Gasteiger partial charge is 0.493 e. The van der Waals surface area contributed by atoms with Gasteiger partial charge >= 0.3 is 0 Å². The molecule has 1 unspecified atom stereocenters. The van der Waals surface area contributed by atoms with Gasteiger partial charge in [-0.15, -0.1) is 0 Å². The summed E-state index contributed by atoms with van der Waals surface area (Å²) < 4.78 is 31.0. The topological polar surface area (TPSA) is 61.8 Å². The van der Waals surface area contributed by atoms with E-state index >= 15 is 0 Å². The van der Waals surface area contributed by atoms with E-state index in [2.05, 4.69) is 60.5 Å². The van der Waals surface area contributed by atoms with Gasteiger partial charge in [0.2, 0.25) is 5.75 Å². The zero-order valence-electron chi connectivity index (χ0n) is 25.1. The fraction of sp³-hybridized carbons (Fsp3) is 0.306. The zero-order chi connectivity index (χ0) is 29.5. The summed E-state index contributed by atoms with van der Waals surface area (Å²) in [4.78, 5) is 7.32. The lowest BCUT2D eigenvalue weighted by Gasteiger charge is -2.37. The van der Waals surface area contributed by atoms with Gasteiger partial charge in [0.25, 0.3) is 0 Å². The van der Waals surface area contributed by atoms with Crippen LogP contribution in [0.2, 0.25) is 0 Å². The fourth-order valence-electron chi connectivity index (χ4n) is 6.57. The van der Waals surface area contributed by atoms with Crippen molar-refractivity contribution in [3.8, 4) is 40.2 Å². The van der Waals surface area contributed by atoms with Crippen LogP contribution in [-0.4, -0.2) is 52.1 Å². The summed E-state index contributed by atoms with van der Waals surface area (Å²) in [6.45, 7) is 1.65. The first-order valence-electron chi connectivity index (χ1n) is 14.8. The van der Waals surface area contributed by atoms with Crippen molar-refractivity contribution in [1.29, 1.82) is 0 Å². The quantitative estimate of drug-likeness (QED) is 0.263. The maximum absolute atomic E-state index is 6.91. The number of benzene rings is 4. The molecule has 0 radical (unpaired) electrons. The van der Waals surface area contributed by atoms with Gasteiger partial charge in [-0.25, -0.2) is 0 Å². The van der Waals surface area contributed by atoms with Gasteiger partial charge in [0.1, 0.15) is 11.5 Å². The van der Waals surface area contributed by atoms with Crippen molar-refractivity contribution in [3.63, 3.8) is 0 Å². The first kappa shape index (κ1) is 27.3. The van der Waals surface area contributed by atoms with E-state index in [1.54, 1.807) is 21.3 Å². The van der Waals surface area contributed by atoms with Crippen LogP contribution in [0.15, 0.2) is 71.7 Å². The molecule has 0 saturated carbocycles. The molecule has 6 heterocycles. The van der Waals surface area contributed by atoms with Crippen molar-refractivity contribution in [2.24, 2.45) is 4.99 Å². The predicted octanol–water partition coefficient (Wildman–Crippen LogP) is 6.97. The monoisotopic (exact) mass is 576 g/mol. The Morgan fingerprint density at radius 2 is 1.63 bits per heavy atom. The Balaban J connectivity index is 1.45. The first-order chi connectivity index (χ1) is 21.0. The van der Waals surface area contributed by atoms with E-state index in [1.807, 2.05) is 18.2 Å². The molecule has 6 aliphatic rings. The van der Waals surface area contributed by atoms with Crippen LogP contribution < -0.4 is 23.7 Å². The first-order valence-corrected chi connectivity index (χ1v) is 14.8. The molecular weight excluding hydrogens is 540 g/mol. The van der Waals surface area contributed by atoms with Crippen LogP contribution in [0.25, 0.3) is 0 Å². The minimum Gasteiger partial charge on any atom is -0.493 e. The summed E-state index contributed by atoms with van der Waals surface area (Å²) in [5, 5.41) is 0. The molecule has 7 heteroatoms. The molecule has 0 saturated heterocycles. The van der Waals surface area contributed by atoms with Gasteiger partial charge in [-0.2, -0.15) is 0 Å². The molecule has 0 fully saturated rings. The van der Waals surface area contributed by atoms with Crippen LogP contribution in [0.5, 0.6) is 40.2 Å². The third-order valence-corrected chi connectivity index (χ3v) is 8.80. The number of methoxy groups -OCH3 is 3. The lowest BCUT2D eigenvalue weighted by molar-refractivity contribution is 0.221. The highest BCUT2D eigenvalue weighted by molar-refractivity contribution is 6.04. The minimum atomic E-state index is 0.0394. The molecule has 10 rings (SSSR count). The van der Waals surface area contributed by atoms with E-state index < -0.39 is 0 Å². The van der Waals surface area contributed by atoms with Crippen molar-refractivity contribution < 1.29 is 23.7 Å². The number of hydrogen-bond acceptors (Lipinski definition) is 7. The highest BCUT2D eigenvalue weighted by Gasteiger charge is 2.34. The minimum absolute atomic E-state index is 0.0394. The molecule has 8 bridgehead atoms. The molecule has 0 N–H and O–H groups in total. The van der Waals surface area contributed by atoms with Crippen LogP contribution in [0.4, 0.5) is 0 Å². The molecule has 4 aromatic rings. The van der Waals surface area contributed by atoms with E-state index in [4.69, 9.17) is 28.7 Å². The van der Waals surface area contributed by atoms with Crippen LogP contribution >= 0.6 is 0 Å². The Morgan fingerprint density at radius 1 is 0.791 bits per heavy atom. The van der Waals surface area contributed by atoms with Gasteiger partial charge in [-0.3, -0.25) is 9.89 Å². The second kappa shape index (κ2) is 11.3. The third kappa shape index (κ3) is 5.08. The van der Waals surface area contributed by atoms with Crippen molar-refractivity contribution in [3.05, 3.63) is 100 Å². The Kier molecular flexibility index (Phi) is 7.19. The van der Waals surface area contributed by atoms with Crippen molar-refractivity contribution in [2.45, 2.75) is 31.7 Å². The maximum atomic E-state index is 6.91. The number of ether oxygens (including phenoxy) is 5. The summed E-state index contributed by atoms with van der Waals surface area (Å²) >= 11 is 0. The van der Waals surface area contributed by atoms with Gasteiger partial charge in [0.05, 0.1) is 21.3 Å². The lowest BCUT2D eigenvalue weighted by Crippen LogP contribution is -2.34. The summed E-state index contributed by atoms with van der Waals surface area (Å²) in [5.41, 5.74) is 7.98. The number of likely N-dealkylation sites (N-methyl/N-ethyl adjacent to an activating group) is 1. The number of rotatable bonds is 3. The van der Waals surface area contributed by atoms with E-state index in [1.165, 1.54) is 22.3 Å². The van der Waals surface area contributed by atoms with Crippen molar-refractivity contribution in [2.75, 3.05) is 41.5 Å². The van der Waals surface area contributed by atoms with Crippen molar-refractivity contribution >= 4 is 5.71 Å². The van der Waals surface area contributed by atoms with E-state index in [-0.39, 0.29) is 6.04 Å². The molecule has 0 aromatic heterocycles. The molecule has 220 valence electrons. The SMILES string of the molecule is COc1cc2c3cc1Oc1c(OC)c(OC)cc4c1C(Cc1cccc(c1)Oc1ccc(cc1)CC2=NCC3)N(C)CC4. The number of hydrogen-bond donors (Lipinski definition) is 0. The molecule has 43 heavy (non-hydrogen) atoms. The Bertz CT molecular complexity index is 1710. The highest BCUT2D eigenvalue weighted by Crippen LogP contribution is 2.51. The van der Waals surface area contributed by atoms with E-state index in [9.17, 15) is 0 Å². The van der Waals surface area contributed by atoms with Crippen LogP contribution in [-0.2, 0) is 25.7 Å². The second-order valence-corrected chi connectivity index (χ2v) is 11.4. The number of aliphatic imine (C=N–C) groups is 1. The van der Waals surface area contributed by atoms with Crippen LogP contribution in [0.1, 0.15) is 39.4 Å². The number of nitrogens with zero attached hydrogens (tertiary/aromatic N) is 2. The summed E-state index contributed by atoms with van der Waals surface area (Å²) in [6, 6.07) is 23.0. The van der Waals surface area contributed by atoms with Gasteiger partial charge in [0.15, 0.2) is 23.0 Å². The average Bonchev–Trinajstić information content (AvgIpc) is 3.02. The molecule has 0 aliphatic carbocycles. The van der Waals surface area contributed by atoms with Crippen molar-refractivity contribution in [1.82, 2.24) is 4.90 Å². The van der Waals surface area contributed by atoms with Crippen LogP contribution in [0, 0.1) is 0 Å². The fourth-order valence-corrected chi connectivity index (χ4v) is 6.57. The van der Waals surface area contributed by atoms with Gasteiger partial charge in [-0.1, -0.05) is 24.3 Å². The van der Waals surface area contributed by atoms with Crippen LogP contribution in [0.3, 0.4) is 0 Å². The zero-order valence-corrected chi connectivity index (χ0v) is 25.1.